The molecule has 0 aliphatic rings. The fourth-order valence-corrected chi connectivity index (χ4v) is 2.28. The van der Waals surface area contributed by atoms with Gasteiger partial charge in [0, 0.05) is 31.8 Å². The van der Waals surface area contributed by atoms with Crippen LogP contribution in [0, 0.1) is 0 Å². The van der Waals surface area contributed by atoms with E-state index >= 15 is 0 Å². The summed E-state index contributed by atoms with van der Waals surface area (Å²) in [6.07, 6.45) is 0. The molecule has 6 heteroatoms. The molecule has 0 radical (unpaired) electrons. The molecular weight excluding hydrogens is 335 g/mol. The highest BCUT2D eigenvalue weighted by molar-refractivity contribution is 6.42. The normalized spacial score (nSPS) is 10.3. The van der Waals surface area contributed by atoms with Gasteiger partial charge in [0.05, 0.1) is 10.0 Å². The van der Waals surface area contributed by atoms with Gasteiger partial charge in [-0.05, 0) is 29.8 Å². The van der Waals surface area contributed by atoms with E-state index in [2.05, 4.69) is 5.32 Å². The number of benzene rings is 2. The van der Waals surface area contributed by atoms with Crippen molar-refractivity contribution in [2.45, 2.75) is 13.5 Å². The van der Waals surface area contributed by atoms with E-state index in [4.69, 9.17) is 23.2 Å². The Hall–Kier alpha value is -2.04. The molecule has 1 N–H and O–H groups in total. The maximum absolute atomic E-state index is 12.4. The summed E-state index contributed by atoms with van der Waals surface area (Å²) in [4.78, 5) is 25.3. The van der Waals surface area contributed by atoms with Gasteiger partial charge < -0.3 is 10.2 Å². The number of carbonyl (C=O) groups is 2. The first-order valence-corrected chi connectivity index (χ1v) is 7.70. The number of anilines is 1. The summed E-state index contributed by atoms with van der Waals surface area (Å²) in [5.41, 5.74) is 1.91. The first kappa shape index (κ1) is 17.3. The summed E-state index contributed by atoms with van der Waals surface area (Å²) in [5, 5.41) is 3.56. The number of carbonyl (C=O) groups excluding carboxylic acids is 2. The van der Waals surface area contributed by atoms with Gasteiger partial charge in [0.15, 0.2) is 0 Å². The van der Waals surface area contributed by atoms with E-state index in [-0.39, 0.29) is 11.8 Å². The quantitative estimate of drug-likeness (QED) is 0.896. The molecule has 0 aromatic heterocycles. The summed E-state index contributed by atoms with van der Waals surface area (Å²) >= 11 is 11.8. The Bertz CT molecular complexity index is 747. The van der Waals surface area contributed by atoms with E-state index in [0.717, 1.165) is 5.56 Å². The van der Waals surface area contributed by atoms with Crippen LogP contribution in [-0.2, 0) is 11.3 Å². The highest BCUT2D eigenvalue weighted by Gasteiger charge is 2.12. The topological polar surface area (TPSA) is 49.4 Å². The zero-order valence-electron chi connectivity index (χ0n) is 12.8. The Kier molecular flexibility index (Phi) is 5.64. The van der Waals surface area contributed by atoms with Crippen LogP contribution in [0.25, 0.3) is 0 Å². The van der Waals surface area contributed by atoms with Crippen molar-refractivity contribution in [1.82, 2.24) is 4.90 Å². The van der Waals surface area contributed by atoms with Gasteiger partial charge in [-0.2, -0.15) is 0 Å². The minimum atomic E-state index is -0.290. The third kappa shape index (κ3) is 4.47. The molecule has 2 amide bonds. The molecule has 0 atom stereocenters. The van der Waals surface area contributed by atoms with Crippen LogP contribution in [-0.4, -0.2) is 23.8 Å². The lowest BCUT2D eigenvalue weighted by Crippen LogP contribution is -2.24. The molecule has 0 saturated carbocycles. The molecule has 0 spiro atoms. The van der Waals surface area contributed by atoms with Crippen LogP contribution in [0.4, 0.5) is 5.69 Å². The summed E-state index contributed by atoms with van der Waals surface area (Å²) in [6.45, 7) is 1.91. The molecule has 120 valence electrons. The molecular formula is C17H16Cl2N2O2. The van der Waals surface area contributed by atoms with Crippen molar-refractivity contribution in [3.63, 3.8) is 0 Å². The number of hydrogen-bond donors (Lipinski definition) is 1. The highest BCUT2D eigenvalue weighted by atomic mass is 35.5. The minimum absolute atomic E-state index is 0.0457. The maximum Gasteiger partial charge on any atom is 0.255 e. The minimum Gasteiger partial charge on any atom is -0.342 e. The Morgan fingerprint density at radius 3 is 2.43 bits per heavy atom. The van der Waals surface area contributed by atoms with Gasteiger partial charge in [0.2, 0.25) is 5.91 Å². The summed E-state index contributed by atoms with van der Waals surface area (Å²) in [5.74, 6) is -0.336. The number of hydrogen-bond acceptors (Lipinski definition) is 2. The fraction of sp³-hybridized carbons (Fsp3) is 0.176. The predicted octanol–water partition coefficient (Wildman–Crippen LogP) is 4.22. The molecule has 0 saturated heterocycles. The maximum atomic E-state index is 12.4. The van der Waals surface area contributed by atoms with Gasteiger partial charge in [-0.3, -0.25) is 9.59 Å². The number of amides is 2. The zero-order chi connectivity index (χ0) is 17.0. The second-order valence-corrected chi connectivity index (χ2v) is 5.93. The van der Waals surface area contributed by atoms with Crippen molar-refractivity contribution < 1.29 is 9.59 Å². The third-order valence-electron chi connectivity index (χ3n) is 3.39. The van der Waals surface area contributed by atoms with Crippen molar-refractivity contribution >= 4 is 40.7 Å². The number of nitrogens with one attached hydrogen (secondary N) is 1. The van der Waals surface area contributed by atoms with Crippen molar-refractivity contribution in [2.24, 2.45) is 0 Å². The number of rotatable bonds is 4. The molecule has 2 aromatic carbocycles. The van der Waals surface area contributed by atoms with E-state index in [9.17, 15) is 9.59 Å². The van der Waals surface area contributed by atoms with Crippen LogP contribution < -0.4 is 5.32 Å². The summed E-state index contributed by atoms with van der Waals surface area (Å²) < 4.78 is 0. The van der Waals surface area contributed by atoms with Crippen LogP contribution in [0.3, 0.4) is 0 Å². The lowest BCUT2D eigenvalue weighted by Gasteiger charge is -2.18. The zero-order valence-corrected chi connectivity index (χ0v) is 14.3. The predicted molar refractivity (Wildman–Crippen MR) is 93.0 cm³/mol. The van der Waals surface area contributed by atoms with Crippen molar-refractivity contribution in [1.29, 1.82) is 0 Å². The van der Waals surface area contributed by atoms with E-state index in [1.54, 1.807) is 30.1 Å². The standard InChI is InChI=1S/C17H16Cl2N2O2/c1-11(22)21(2)10-13-5-3-4-6-16(13)20-17(23)12-7-8-14(18)15(19)9-12/h3-9H,10H2,1-2H3,(H,20,23). The number of nitrogens with zero attached hydrogens (tertiary/aromatic N) is 1. The average molecular weight is 351 g/mol. The fourth-order valence-electron chi connectivity index (χ4n) is 1.98. The van der Waals surface area contributed by atoms with Crippen molar-refractivity contribution in [3.8, 4) is 0 Å². The van der Waals surface area contributed by atoms with Gasteiger partial charge in [0.25, 0.3) is 5.91 Å². The van der Waals surface area contributed by atoms with Crippen LogP contribution in [0.15, 0.2) is 42.5 Å². The van der Waals surface area contributed by atoms with Crippen LogP contribution in [0.1, 0.15) is 22.8 Å². The average Bonchev–Trinajstić information content (AvgIpc) is 2.51. The van der Waals surface area contributed by atoms with Crippen LogP contribution in [0.2, 0.25) is 10.0 Å². The molecule has 0 aliphatic heterocycles. The van der Waals surface area contributed by atoms with Crippen molar-refractivity contribution in [2.75, 3.05) is 12.4 Å². The van der Waals surface area contributed by atoms with E-state index in [0.29, 0.717) is 27.8 Å². The molecule has 0 unspecified atom stereocenters. The van der Waals surface area contributed by atoms with Gasteiger partial charge in [0.1, 0.15) is 0 Å². The molecule has 2 rings (SSSR count). The van der Waals surface area contributed by atoms with E-state index in [1.165, 1.54) is 13.0 Å². The van der Waals surface area contributed by atoms with E-state index in [1.807, 2.05) is 18.2 Å². The second kappa shape index (κ2) is 7.49. The van der Waals surface area contributed by atoms with Crippen molar-refractivity contribution in [3.05, 3.63) is 63.6 Å². The molecule has 2 aromatic rings. The van der Waals surface area contributed by atoms with Gasteiger partial charge >= 0.3 is 0 Å². The van der Waals surface area contributed by atoms with Crippen LogP contribution >= 0.6 is 23.2 Å². The Labute approximate surface area is 145 Å². The molecule has 0 heterocycles. The molecule has 0 aliphatic carbocycles. The SMILES string of the molecule is CC(=O)N(C)Cc1ccccc1NC(=O)c1ccc(Cl)c(Cl)c1. The highest BCUT2D eigenvalue weighted by Crippen LogP contribution is 2.24. The molecule has 23 heavy (non-hydrogen) atoms. The summed E-state index contributed by atoms with van der Waals surface area (Å²) in [7, 11) is 1.71. The first-order chi connectivity index (χ1) is 10.9. The van der Waals surface area contributed by atoms with Gasteiger partial charge in [-0.15, -0.1) is 0 Å². The second-order valence-electron chi connectivity index (χ2n) is 5.12. The number of para-hydroxylation sites is 1. The first-order valence-electron chi connectivity index (χ1n) is 6.94. The van der Waals surface area contributed by atoms with Gasteiger partial charge in [-0.25, -0.2) is 0 Å². The Morgan fingerprint density at radius 1 is 1.09 bits per heavy atom. The summed E-state index contributed by atoms with van der Waals surface area (Å²) in [6, 6.07) is 12.0. The molecule has 0 fully saturated rings. The Morgan fingerprint density at radius 2 is 1.78 bits per heavy atom. The monoisotopic (exact) mass is 350 g/mol. The lowest BCUT2D eigenvalue weighted by molar-refractivity contribution is -0.128. The van der Waals surface area contributed by atoms with Gasteiger partial charge in [-0.1, -0.05) is 41.4 Å². The van der Waals surface area contributed by atoms with Crippen LogP contribution in [0.5, 0.6) is 0 Å². The Balaban J connectivity index is 2.20. The third-order valence-corrected chi connectivity index (χ3v) is 4.13. The van der Waals surface area contributed by atoms with E-state index < -0.39 is 0 Å². The molecule has 0 bridgehead atoms. The smallest absolute Gasteiger partial charge is 0.255 e. The lowest BCUT2D eigenvalue weighted by atomic mass is 10.1. The number of halogens is 2. The molecule has 4 nitrogen and oxygen atoms in total. The largest absolute Gasteiger partial charge is 0.342 e.